The normalized spacial score (nSPS) is 9.76. The zero-order valence-corrected chi connectivity index (χ0v) is 11.7. The van der Waals surface area contributed by atoms with E-state index in [-0.39, 0.29) is 12.5 Å². The van der Waals surface area contributed by atoms with Crippen LogP contribution in [0.25, 0.3) is 0 Å². The monoisotopic (exact) mass is 301 g/mol. The third-order valence-corrected chi connectivity index (χ3v) is 3.04. The van der Waals surface area contributed by atoms with Crippen molar-refractivity contribution in [2.45, 2.75) is 6.61 Å². The Morgan fingerprint density at radius 3 is 2.62 bits per heavy atom. The zero-order valence-electron chi connectivity index (χ0n) is 11.0. The molecule has 0 fully saturated rings. The predicted octanol–water partition coefficient (Wildman–Crippen LogP) is 2.39. The van der Waals surface area contributed by atoms with Gasteiger partial charge in [-0.2, -0.15) is 5.26 Å². The molecule has 5 nitrogen and oxygen atoms in total. The summed E-state index contributed by atoms with van der Waals surface area (Å²) in [7, 11) is 0. The van der Waals surface area contributed by atoms with E-state index in [1.54, 1.807) is 42.5 Å². The standard InChI is InChI=1S/C15H12ClN3O2/c16-13-6-5-12(8-17)14(7-13)21-9-10-1-3-11(4-2-10)15(20)19-18/h1-7H,9,18H2,(H,19,20). The number of benzene rings is 2. The number of hydrogen-bond acceptors (Lipinski definition) is 4. The van der Waals surface area contributed by atoms with Crippen molar-refractivity contribution in [2.75, 3.05) is 0 Å². The molecule has 6 heteroatoms. The second kappa shape index (κ2) is 6.75. The summed E-state index contributed by atoms with van der Waals surface area (Å²) in [6, 6.07) is 13.7. The van der Waals surface area contributed by atoms with Crippen molar-refractivity contribution in [3.8, 4) is 11.8 Å². The molecule has 21 heavy (non-hydrogen) atoms. The number of nitrogens with two attached hydrogens (primary N) is 1. The highest BCUT2D eigenvalue weighted by molar-refractivity contribution is 6.30. The fourth-order valence-corrected chi connectivity index (χ4v) is 1.87. The van der Waals surface area contributed by atoms with Gasteiger partial charge in [0.15, 0.2) is 0 Å². The summed E-state index contributed by atoms with van der Waals surface area (Å²) in [5.41, 5.74) is 3.79. The lowest BCUT2D eigenvalue weighted by molar-refractivity contribution is 0.0953. The Hall–Kier alpha value is -2.55. The number of hydrazine groups is 1. The van der Waals surface area contributed by atoms with Crippen LogP contribution >= 0.6 is 11.6 Å². The number of nitrogen functional groups attached to an aromatic ring is 1. The van der Waals surface area contributed by atoms with E-state index in [1.165, 1.54) is 0 Å². The van der Waals surface area contributed by atoms with Gasteiger partial charge in [-0.3, -0.25) is 10.2 Å². The number of rotatable bonds is 4. The molecular formula is C15H12ClN3O2. The van der Waals surface area contributed by atoms with Gasteiger partial charge in [-0.15, -0.1) is 0 Å². The first-order valence-corrected chi connectivity index (χ1v) is 6.44. The molecule has 0 atom stereocenters. The fraction of sp³-hybridized carbons (Fsp3) is 0.0667. The van der Waals surface area contributed by atoms with Gasteiger partial charge < -0.3 is 4.74 Å². The minimum absolute atomic E-state index is 0.263. The molecule has 2 rings (SSSR count). The Labute approximate surface area is 126 Å². The molecule has 2 aromatic carbocycles. The van der Waals surface area contributed by atoms with Gasteiger partial charge in [0.2, 0.25) is 0 Å². The highest BCUT2D eigenvalue weighted by atomic mass is 35.5. The lowest BCUT2D eigenvalue weighted by Crippen LogP contribution is -2.29. The third-order valence-electron chi connectivity index (χ3n) is 2.81. The largest absolute Gasteiger partial charge is 0.487 e. The molecule has 0 saturated carbocycles. The van der Waals surface area contributed by atoms with E-state index in [0.29, 0.717) is 21.9 Å². The third kappa shape index (κ3) is 3.72. The second-order valence-corrected chi connectivity index (χ2v) is 4.65. The zero-order chi connectivity index (χ0) is 15.2. The summed E-state index contributed by atoms with van der Waals surface area (Å²) >= 11 is 5.88. The molecule has 0 spiro atoms. The SMILES string of the molecule is N#Cc1ccc(Cl)cc1OCc1ccc(C(=O)NN)cc1. The molecule has 0 saturated heterocycles. The van der Waals surface area contributed by atoms with E-state index in [0.717, 1.165) is 5.56 Å². The molecule has 0 aliphatic rings. The average Bonchev–Trinajstić information content (AvgIpc) is 2.52. The van der Waals surface area contributed by atoms with Gasteiger partial charge in [0, 0.05) is 16.7 Å². The van der Waals surface area contributed by atoms with Crippen LogP contribution in [0.5, 0.6) is 5.75 Å². The number of nitrogens with zero attached hydrogens (tertiary/aromatic N) is 1. The predicted molar refractivity (Wildman–Crippen MR) is 78.6 cm³/mol. The molecule has 0 aliphatic heterocycles. The van der Waals surface area contributed by atoms with Crippen LogP contribution in [0.1, 0.15) is 21.5 Å². The van der Waals surface area contributed by atoms with E-state index in [1.807, 2.05) is 6.07 Å². The van der Waals surface area contributed by atoms with Crippen LogP contribution in [0.2, 0.25) is 5.02 Å². The molecular weight excluding hydrogens is 290 g/mol. The quantitative estimate of drug-likeness (QED) is 0.515. The summed E-state index contributed by atoms with van der Waals surface area (Å²) in [5, 5.41) is 9.50. The van der Waals surface area contributed by atoms with Crippen molar-refractivity contribution in [2.24, 2.45) is 5.84 Å². The van der Waals surface area contributed by atoms with E-state index in [9.17, 15) is 4.79 Å². The van der Waals surface area contributed by atoms with Crippen LogP contribution in [0.15, 0.2) is 42.5 Å². The van der Waals surface area contributed by atoms with Gasteiger partial charge in [-0.1, -0.05) is 23.7 Å². The summed E-state index contributed by atoms with van der Waals surface area (Å²) in [6.07, 6.45) is 0. The van der Waals surface area contributed by atoms with Gasteiger partial charge in [0.1, 0.15) is 18.4 Å². The molecule has 2 aromatic rings. The van der Waals surface area contributed by atoms with Gasteiger partial charge in [0.05, 0.1) is 5.56 Å². The first-order chi connectivity index (χ1) is 10.1. The highest BCUT2D eigenvalue weighted by Crippen LogP contribution is 2.23. The topological polar surface area (TPSA) is 88.1 Å². The number of amides is 1. The molecule has 3 N–H and O–H groups in total. The number of nitriles is 1. The highest BCUT2D eigenvalue weighted by Gasteiger charge is 2.06. The van der Waals surface area contributed by atoms with Crippen LogP contribution in [-0.4, -0.2) is 5.91 Å². The van der Waals surface area contributed by atoms with Crippen molar-refractivity contribution < 1.29 is 9.53 Å². The Morgan fingerprint density at radius 1 is 1.29 bits per heavy atom. The molecule has 0 aromatic heterocycles. The molecule has 0 unspecified atom stereocenters. The Morgan fingerprint density at radius 2 is 2.00 bits per heavy atom. The van der Waals surface area contributed by atoms with Crippen molar-refractivity contribution in [1.29, 1.82) is 5.26 Å². The molecule has 106 valence electrons. The summed E-state index contributed by atoms with van der Waals surface area (Å²) < 4.78 is 5.59. The van der Waals surface area contributed by atoms with E-state index >= 15 is 0 Å². The Balaban J connectivity index is 2.08. The van der Waals surface area contributed by atoms with E-state index < -0.39 is 0 Å². The molecule has 0 heterocycles. The first kappa shape index (κ1) is 14.9. The minimum Gasteiger partial charge on any atom is -0.487 e. The van der Waals surface area contributed by atoms with Gasteiger partial charge in [-0.25, -0.2) is 5.84 Å². The van der Waals surface area contributed by atoms with Gasteiger partial charge in [0.25, 0.3) is 5.91 Å². The number of hydrogen-bond donors (Lipinski definition) is 2. The van der Waals surface area contributed by atoms with Crippen molar-refractivity contribution in [3.05, 3.63) is 64.2 Å². The van der Waals surface area contributed by atoms with Crippen molar-refractivity contribution in [1.82, 2.24) is 5.43 Å². The maximum absolute atomic E-state index is 11.3. The van der Waals surface area contributed by atoms with Crippen molar-refractivity contribution >= 4 is 17.5 Å². The fourth-order valence-electron chi connectivity index (χ4n) is 1.70. The first-order valence-electron chi connectivity index (χ1n) is 6.06. The number of halogens is 1. The number of carbonyl (C=O) groups is 1. The summed E-state index contributed by atoms with van der Waals surface area (Å²) in [5.74, 6) is 5.12. The maximum Gasteiger partial charge on any atom is 0.265 e. The van der Waals surface area contributed by atoms with Crippen LogP contribution < -0.4 is 16.0 Å². The van der Waals surface area contributed by atoms with E-state index in [4.69, 9.17) is 27.4 Å². The summed E-state index contributed by atoms with van der Waals surface area (Å²) in [6.45, 7) is 0.263. The Bertz CT molecular complexity index is 693. The van der Waals surface area contributed by atoms with Crippen LogP contribution in [0.3, 0.4) is 0 Å². The molecule has 1 amide bonds. The molecule has 0 aliphatic carbocycles. The van der Waals surface area contributed by atoms with Crippen molar-refractivity contribution in [3.63, 3.8) is 0 Å². The molecule has 0 bridgehead atoms. The van der Waals surface area contributed by atoms with Crippen LogP contribution in [-0.2, 0) is 6.61 Å². The number of ether oxygens (including phenoxy) is 1. The summed E-state index contributed by atoms with van der Waals surface area (Å²) in [4.78, 5) is 11.3. The molecule has 0 radical (unpaired) electrons. The maximum atomic E-state index is 11.3. The number of nitrogens with one attached hydrogen (secondary N) is 1. The Kier molecular flexibility index (Phi) is 4.77. The lowest BCUT2D eigenvalue weighted by Gasteiger charge is -2.09. The van der Waals surface area contributed by atoms with Gasteiger partial charge in [-0.05, 0) is 29.8 Å². The van der Waals surface area contributed by atoms with Crippen LogP contribution in [0.4, 0.5) is 0 Å². The van der Waals surface area contributed by atoms with E-state index in [2.05, 4.69) is 5.43 Å². The number of carbonyl (C=O) groups excluding carboxylic acids is 1. The minimum atomic E-state index is -0.357. The lowest BCUT2D eigenvalue weighted by atomic mass is 10.1. The van der Waals surface area contributed by atoms with Gasteiger partial charge >= 0.3 is 0 Å². The van der Waals surface area contributed by atoms with Crippen LogP contribution in [0, 0.1) is 11.3 Å². The second-order valence-electron chi connectivity index (χ2n) is 4.21. The smallest absolute Gasteiger partial charge is 0.265 e. The average molecular weight is 302 g/mol.